The van der Waals surface area contributed by atoms with Crippen LogP contribution in [0.1, 0.15) is 22.8 Å². The van der Waals surface area contributed by atoms with Crippen LogP contribution in [0.4, 0.5) is 5.69 Å². The van der Waals surface area contributed by atoms with Crippen LogP contribution in [0, 0.1) is 6.92 Å². The predicted molar refractivity (Wildman–Crippen MR) is 103 cm³/mol. The fraction of sp³-hybridized carbons (Fsp3) is 0.150. The van der Waals surface area contributed by atoms with Crippen molar-refractivity contribution in [2.24, 2.45) is 0 Å². The van der Waals surface area contributed by atoms with Crippen LogP contribution < -0.4 is 5.32 Å². The van der Waals surface area contributed by atoms with Gasteiger partial charge in [-0.3, -0.25) is 4.79 Å². The first kappa shape index (κ1) is 18.7. The maximum atomic E-state index is 12.3. The lowest BCUT2D eigenvalue weighted by Crippen LogP contribution is -2.30. The third-order valence-electron chi connectivity index (χ3n) is 4.05. The molecule has 0 unspecified atom stereocenters. The second kappa shape index (κ2) is 8.05. The zero-order chi connectivity index (χ0) is 19.4. The molecule has 0 fully saturated rings. The fourth-order valence-corrected chi connectivity index (χ4v) is 2.61. The van der Waals surface area contributed by atoms with Gasteiger partial charge >= 0.3 is 5.97 Å². The highest BCUT2D eigenvalue weighted by Gasteiger charge is 2.20. The number of nitrogens with zero attached hydrogens (tertiary/aromatic N) is 2. The fourth-order valence-electron chi connectivity index (χ4n) is 2.43. The lowest BCUT2D eigenvalue weighted by atomic mass is 10.2. The Morgan fingerprint density at radius 2 is 1.89 bits per heavy atom. The summed E-state index contributed by atoms with van der Waals surface area (Å²) in [7, 11) is 0. The molecule has 6 nitrogen and oxygen atoms in total. The quantitative estimate of drug-likeness (QED) is 0.675. The van der Waals surface area contributed by atoms with Gasteiger partial charge in [-0.25, -0.2) is 9.48 Å². The Morgan fingerprint density at radius 1 is 1.15 bits per heavy atom. The summed E-state index contributed by atoms with van der Waals surface area (Å²) >= 11 is 6.05. The summed E-state index contributed by atoms with van der Waals surface area (Å²) in [5.74, 6) is -1.01. The van der Waals surface area contributed by atoms with Gasteiger partial charge in [0.05, 0.1) is 11.3 Å². The van der Waals surface area contributed by atoms with Crippen molar-refractivity contribution in [3.05, 3.63) is 77.1 Å². The summed E-state index contributed by atoms with van der Waals surface area (Å²) in [4.78, 5) is 24.6. The molecule has 3 aromatic rings. The molecule has 0 aliphatic rings. The van der Waals surface area contributed by atoms with Crippen LogP contribution in [0.25, 0.3) is 5.69 Å². The second-order valence-corrected chi connectivity index (χ2v) is 6.35. The molecular weight excluding hydrogens is 366 g/mol. The van der Waals surface area contributed by atoms with E-state index in [2.05, 4.69) is 10.4 Å². The highest BCUT2D eigenvalue weighted by Crippen LogP contribution is 2.23. The SMILES string of the molecule is Cc1c(Cl)cccc1NC(=O)[C@H](C)OC(=O)c1ccc(-n2cccn2)cc1. The second-order valence-electron chi connectivity index (χ2n) is 5.95. The van der Waals surface area contributed by atoms with Crippen molar-refractivity contribution in [3.63, 3.8) is 0 Å². The number of rotatable bonds is 5. The van der Waals surface area contributed by atoms with Gasteiger partial charge in [-0.2, -0.15) is 5.10 Å². The number of hydrogen-bond acceptors (Lipinski definition) is 4. The lowest BCUT2D eigenvalue weighted by Gasteiger charge is -2.15. The summed E-state index contributed by atoms with van der Waals surface area (Å²) in [5.41, 5.74) is 2.50. The van der Waals surface area contributed by atoms with E-state index in [9.17, 15) is 9.59 Å². The van der Waals surface area contributed by atoms with Crippen LogP contribution in [0.15, 0.2) is 60.9 Å². The minimum Gasteiger partial charge on any atom is -0.449 e. The van der Waals surface area contributed by atoms with Gasteiger partial charge < -0.3 is 10.1 Å². The summed E-state index contributed by atoms with van der Waals surface area (Å²) < 4.78 is 6.94. The highest BCUT2D eigenvalue weighted by atomic mass is 35.5. The lowest BCUT2D eigenvalue weighted by molar-refractivity contribution is -0.123. The van der Waals surface area contributed by atoms with Gasteiger partial charge in [-0.1, -0.05) is 17.7 Å². The molecule has 7 heteroatoms. The highest BCUT2D eigenvalue weighted by molar-refractivity contribution is 6.31. The van der Waals surface area contributed by atoms with E-state index < -0.39 is 18.0 Å². The van der Waals surface area contributed by atoms with Crippen molar-refractivity contribution in [3.8, 4) is 5.69 Å². The zero-order valence-corrected chi connectivity index (χ0v) is 15.6. The maximum Gasteiger partial charge on any atom is 0.338 e. The normalized spacial score (nSPS) is 11.7. The number of ether oxygens (including phenoxy) is 1. The molecule has 1 aromatic heterocycles. The average molecular weight is 384 g/mol. The minimum absolute atomic E-state index is 0.351. The van der Waals surface area contributed by atoms with Crippen LogP contribution in [0.2, 0.25) is 5.02 Å². The van der Waals surface area contributed by atoms with E-state index in [1.807, 2.05) is 6.07 Å². The molecule has 1 amide bonds. The number of hydrogen-bond donors (Lipinski definition) is 1. The monoisotopic (exact) mass is 383 g/mol. The molecule has 138 valence electrons. The predicted octanol–water partition coefficient (Wildman–Crippen LogP) is 4.02. The molecule has 27 heavy (non-hydrogen) atoms. The zero-order valence-electron chi connectivity index (χ0n) is 14.8. The molecule has 1 heterocycles. The average Bonchev–Trinajstić information content (AvgIpc) is 3.20. The molecule has 1 atom stereocenters. The molecular formula is C20H18ClN3O3. The van der Waals surface area contributed by atoms with E-state index in [-0.39, 0.29) is 0 Å². The van der Waals surface area contributed by atoms with Gasteiger partial charge in [0.15, 0.2) is 6.10 Å². The number of amides is 1. The molecule has 0 radical (unpaired) electrons. The van der Waals surface area contributed by atoms with E-state index in [0.717, 1.165) is 11.3 Å². The number of aromatic nitrogens is 2. The molecule has 2 aromatic carbocycles. The Hall–Kier alpha value is -3.12. The first-order chi connectivity index (χ1) is 13.0. The van der Waals surface area contributed by atoms with Crippen LogP contribution in [0.3, 0.4) is 0 Å². The van der Waals surface area contributed by atoms with Crippen molar-refractivity contribution in [2.75, 3.05) is 5.32 Å². The van der Waals surface area contributed by atoms with Gasteiger partial charge in [-0.15, -0.1) is 0 Å². The molecule has 0 bridgehead atoms. The Morgan fingerprint density at radius 3 is 2.56 bits per heavy atom. The van der Waals surface area contributed by atoms with Gasteiger partial charge in [0.2, 0.25) is 0 Å². The van der Waals surface area contributed by atoms with Crippen LogP contribution in [0.5, 0.6) is 0 Å². The molecule has 1 N–H and O–H groups in total. The third kappa shape index (κ3) is 4.35. The molecule has 3 rings (SSSR count). The van der Waals surface area contributed by atoms with E-state index in [4.69, 9.17) is 16.3 Å². The number of nitrogens with one attached hydrogen (secondary N) is 1. The number of benzene rings is 2. The number of anilines is 1. The van der Waals surface area contributed by atoms with Gasteiger partial charge in [0.25, 0.3) is 5.91 Å². The summed E-state index contributed by atoms with van der Waals surface area (Å²) in [6, 6.07) is 13.8. The minimum atomic E-state index is -0.957. The maximum absolute atomic E-state index is 12.3. The van der Waals surface area contributed by atoms with Gasteiger partial charge in [0.1, 0.15) is 0 Å². The Bertz CT molecular complexity index is 953. The van der Waals surface area contributed by atoms with Crippen LogP contribution in [-0.4, -0.2) is 27.8 Å². The number of carbonyl (C=O) groups is 2. The van der Waals surface area contributed by atoms with Crippen molar-refractivity contribution in [1.82, 2.24) is 9.78 Å². The van der Waals surface area contributed by atoms with Crippen LogP contribution in [-0.2, 0) is 9.53 Å². The van der Waals surface area contributed by atoms with Gasteiger partial charge in [-0.05, 0) is 61.9 Å². The van der Waals surface area contributed by atoms with Crippen LogP contribution >= 0.6 is 11.6 Å². The van der Waals surface area contributed by atoms with Crippen molar-refractivity contribution in [2.45, 2.75) is 20.0 Å². The van der Waals surface area contributed by atoms with E-state index in [1.54, 1.807) is 66.5 Å². The largest absolute Gasteiger partial charge is 0.449 e. The van der Waals surface area contributed by atoms with Crippen molar-refractivity contribution >= 4 is 29.2 Å². The number of halogens is 1. The molecule has 0 aliphatic heterocycles. The Kier molecular flexibility index (Phi) is 5.57. The third-order valence-corrected chi connectivity index (χ3v) is 4.46. The van der Waals surface area contributed by atoms with E-state index in [0.29, 0.717) is 16.3 Å². The first-order valence-corrected chi connectivity index (χ1v) is 8.70. The number of carbonyl (C=O) groups excluding carboxylic acids is 2. The summed E-state index contributed by atoms with van der Waals surface area (Å²) in [6.07, 6.45) is 2.52. The van der Waals surface area contributed by atoms with E-state index >= 15 is 0 Å². The standard InChI is InChI=1S/C20H18ClN3O3/c1-13-17(21)5-3-6-18(13)23-19(25)14(2)27-20(26)15-7-9-16(10-8-15)24-12-4-11-22-24/h3-12,14H,1-2H3,(H,23,25)/t14-/m0/s1. The summed E-state index contributed by atoms with van der Waals surface area (Å²) in [5, 5.41) is 7.40. The Labute approximate surface area is 161 Å². The molecule has 0 spiro atoms. The molecule has 0 saturated heterocycles. The number of esters is 1. The Balaban J connectivity index is 1.63. The molecule has 0 aliphatic carbocycles. The first-order valence-electron chi connectivity index (χ1n) is 8.33. The van der Waals surface area contributed by atoms with E-state index in [1.165, 1.54) is 6.92 Å². The topological polar surface area (TPSA) is 73.2 Å². The smallest absolute Gasteiger partial charge is 0.338 e. The molecule has 0 saturated carbocycles. The van der Waals surface area contributed by atoms with Gasteiger partial charge in [0, 0.05) is 23.1 Å². The summed E-state index contributed by atoms with van der Waals surface area (Å²) in [6.45, 7) is 3.32. The van der Waals surface area contributed by atoms with Crippen molar-refractivity contribution < 1.29 is 14.3 Å². The van der Waals surface area contributed by atoms with Crippen molar-refractivity contribution in [1.29, 1.82) is 0 Å².